The molecule has 2 aromatic rings. The summed E-state index contributed by atoms with van der Waals surface area (Å²) in [5.41, 5.74) is 2.20. The lowest BCUT2D eigenvalue weighted by molar-refractivity contribution is -0.137. The average molecular weight is 430 g/mol. The van der Waals surface area contributed by atoms with Crippen LogP contribution in [0.2, 0.25) is 0 Å². The predicted octanol–water partition coefficient (Wildman–Crippen LogP) is 4.32. The second kappa shape index (κ2) is 12.2. The molecule has 0 radical (unpaired) electrons. The molecule has 0 fully saturated rings. The van der Waals surface area contributed by atoms with Crippen LogP contribution >= 0.6 is 0 Å². The van der Waals surface area contributed by atoms with Crippen LogP contribution in [0.1, 0.15) is 38.8 Å². The molecule has 1 amide bonds. The maximum Gasteiger partial charge on any atom is 0.252 e. The molecule has 2 aromatic carbocycles. The first-order chi connectivity index (χ1) is 14.8. The Balaban J connectivity index is 1.90. The van der Waals surface area contributed by atoms with Crippen molar-refractivity contribution in [2.45, 2.75) is 59.4 Å². The zero-order valence-corrected chi connectivity index (χ0v) is 19.4. The van der Waals surface area contributed by atoms with E-state index in [0.29, 0.717) is 30.2 Å². The van der Waals surface area contributed by atoms with Crippen molar-refractivity contribution in [1.82, 2.24) is 5.32 Å². The normalized spacial score (nSPS) is 12.0. The first-order valence-electron chi connectivity index (χ1n) is 10.7. The van der Waals surface area contributed by atoms with E-state index in [0.717, 1.165) is 11.1 Å². The number of ether oxygens (including phenoxy) is 4. The quantitative estimate of drug-likeness (QED) is 0.544. The number of carbonyl (C=O) groups excluding carboxylic acids is 1. The van der Waals surface area contributed by atoms with Crippen molar-refractivity contribution in [3.05, 3.63) is 53.6 Å². The predicted molar refractivity (Wildman–Crippen MR) is 122 cm³/mol. The number of carbonyl (C=O) groups is 1. The minimum atomic E-state index is -0.683. The summed E-state index contributed by atoms with van der Waals surface area (Å²) >= 11 is 0. The van der Waals surface area contributed by atoms with Crippen LogP contribution in [0.25, 0.3) is 0 Å². The van der Waals surface area contributed by atoms with Gasteiger partial charge in [0.25, 0.3) is 5.91 Å². The number of rotatable bonds is 12. The van der Waals surface area contributed by atoms with Crippen molar-refractivity contribution < 1.29 is 23.7 Å². The third kappa shape index (κ3) is 8.50. The summed E-state index contributed by atoms with van der Waals surface area (Å²) in [6.07, 6.45) is -0.0380. The molecule has 6 nitrogen and oxygen atoms in total. The van der Waals surface area contributed by atoms with Gasteiger partial charge in [0.15, 0.2) is 17.6 Å². The van der Waals surface area contributed by atoms with Crippen LogP contribution in [0.3, 0.4) is 0 Å². The van der Waals surface area contributed by atoms with Gasteiger partial charge in [-0.15, -0.1) is 0 Å². The van der Waals surface area contributed by atoms with Crippen molar-refractivity contribution in [2.24, 2.45) is 0 Å². The molecule has 0 saturated heterocycles. The van der Waals surface area contributed by atoms with Crippen molar-refractivity contribution in [3.8, 4) is 17.2 Å². The van der Waals surface area contributed by atoms with Gasteiger partial charge in [-0.1, -0.05) is 23.8 Å². The van der Waals surface area contributed by atoms with E-state index in [1.54, 1.807) is 7.11 Å². The van der Waals surface area contributed by atoms with E-state index in [1.807, 2.05) is 77.1 Å². The van der Waals surface area contributed by atoms with Gasteiger partial charge < -0.3 is 24.3 Å². The zero-order chi connectivity index (χ0) is 22.8. The molecule has 0 aliphatic carbocycles. The van der Waals surface area contributed by atoms with Crippen molar-refractivity contribution in [3.63, 3.8) is 0 Å². The van der Waals surface area contributed by atoms with Crippen molar-refractivity contribution in [2.75, 3.05) is 20.3 Å². The lowest BCUT2D eigenvalue weighted by Gasteiger charge is -2.20. The maximum absolute atomic E-state index is 12.7. The highest BCUT2D eigenvalue weighted by Crippen LogP contribution is 2.29. The van der Waals surface area contributed by atoms with Crippen LogP contribution in [0, 0.1) is 6.92 Å². The number of benzene rings is 2. The summed E-state index contributed by atoms with van der Waals surface area (Å²) < 4.78 is 22.7. The topological polar surface area (TPSA) is 66.0 Å². The number of hydrogen-bond acceptors (Lipinski definition) is 5. The van der Waals surface area contributed by atoms with Crippen LogP contribution in [0.5, 0.6) is 17.2 Å². The highest BCUT2D eigenvalue weighted by molar-refractivity contribution is 5.81. The molecule has 31 heavy (non-hydrogen) atoms. The molecule has 0 unspecified atom stereocenters. The third-order valence-corrected chi connectivity index (χ3v) is 4.45. The van der Waals surface area contributed by atoms with E-state index in [2.05, 4.69) is 5.32 Å². The Morgan fingerprint density at radius 2 is 1.68 bits per heavy atom. The van der Waals surface area contributed by atoms with E-state index < -0.39 is 6.10 Å². The summed E-state index contributed by atoms with van der Waals surface area (Å²) in [4.78, 5) is 12.7. The summed E-state index contributed by atoms with van der Waals surface area (Å²) in [5, 5.41) is 2.95. The Bertz CT molecular complexity index is 817. The SMILES string of the molecule is COc1cc(CCNC(=O)[C@H](COc2ccc(C)cc2)OC(C)C)ccc1OC(C)C. The van der Waals surface area contributed by atoms with Gasteiger partial charge >= 0.3 is 0 Å². The van der Waals surface area contributed by atoms with Crippen molar-refractivity contribution in [1.29, 1.82) is 0 Å². The van der Waals surface area contributed by atoms with Gasteiger partial charge in [-0.3, -0.25) is 4.79 Å². The molecule has 0 heterocycles. The van der Waals surface area contributed by atoms with Gasteiger partial charge in [0.2, 0.25) is 0 Å². The second-order valence-corrected chi connectivity index (χ2v) is 7.99. The molecule has 0 bridgehead atoms. The van der Waals surface area contributed by atoms with Crippen LogP contribution in [0.4, 0.5) is 0 Å². The number of hydrogen-bond donors (Lipinski definition) is 1. The minimum Gasteiger partial charge on any atom is -0.493 e. The Morgan fingerprint density at radius 3 is 2.29 bits per heavy atom. The zero-order valence-electron chi connectivity index (χ0n) is 19.4. The molecule has 0 saturated carbocycles. The van der Waals surface area contributed by atoms with Crippen LogP contribution < -0.4 is 19.5 Å². The molecular weight excluding hydrogens is 394 g/mol. The van der Waals surface area contributed by atoms with Gasteiger partial charge in [-0.25, -0.2) is 0 Å². The molecule has 1 N–H and O–H groups in total. The smallest absolute Gasteiger partial charge is 0.252 e. The van der Waals surface area contributed by atoms with E-state index >= 15 is 0 Å². The van der Waals surface area contributed by atoms with E-state index in [4.69, 9.17) is 18.9 Å². The van der Waals surface area contributed by atoms with E-state index in [-0.39, 0.29) is 24.7 Å². The lowest BCUT2D eigenvalue weighted by Crippen LogP contribution is -2.42. The Kier molecular flexibility index (Phi) is 9.66. The number of amides is 1. The van der Waals surface area contributed by atoms with Gasteiger partial charge in [-0.05, 0) is 70.9 Å². The number of nitrogens with one attached hydrogen (secondary N) is 1. The maximum atomic E-state index is 12.7. The van der Waals surface area contributed by atoms with E-state index in [9.17, 15) is 4.79 Å². The fourth-order valence-corrected chi connectivity index (χ4v) is 2.97. The molecule has 170 valence electrons. The largest absolute Gasteiger partial charge is 0.493 e. The molecule has 0 aliphatic rings. The van der Waals surface area contributed by atoms with Gasteiger partial charge in [0.1, 0.15) is 12.4 Å². The summed E-state index contributed by atoms with van der Waals surface area (Å²) in [7, 11) is 1.62. The second-order valence-electron chi connectivity index (χ2n) is 7.99. The summed E-state index contributed by atoms with van der Waals surface area (Å²) in [5.74, 6) is 1.92. The van der Waals surface area contributed by atoms with Gasteiger partial charge in [0.05, 0.1) is 19.3 Å². The summed E-state index contributed by atoms with van der Waals surface area (Å²) in [6, 6.07) is 13.5. The van der Waals surface area contributed by atoms with Gasteiger partial charge in [-0.2, -0.15) is 0 Å². The highest BCUT2D eigenvalue weighted by Gasteiger charge is 2.21. The van der Waals surface area contributed by atoms with Gasteiger partial charge in [0, 0.05) is 6.54 Å². The van der Waals surface area contributed by atoms with Crippen LogP contribution in [-0.2, 0) is 16.0 Å². The molecule has 0 aromatic heterocycles. The minimum absolute atomic E-state index is 0.0686. The third-order valence-electron chi connectivity index (χ3n) is 4.45. The molecule has 2 rings (SSSR count). The van der Waals surface area contributed by atoms with Crippen molar-refractivity contribution >= 4 is 5.91 Å². The first kappa shape index (κ1) is 24.5. The first-order valence-corrected chi connectivity index (χ1v) is 10.7. The lowest BCUT2D eigenvalue weighted by atomic mass is 10.1. The molecule has 0 spiro atoms. The molecule has 1 atom stereocenters. The Hall–Kier alpha value is -2.73. The van der Waals surface area contributed by atoms with Crippen LogP contribution in [0.15, 0.2) is 42.5 Å². The summed E-state index contributed by atoms with van der Waals surface area (Å²) in [6.45, 7) is 10.4. The molecule has 0 aliphatic heterocycles. The highest BCUT2D eigenvalue weighted by atomic mass is 16.5. The Labute approximate surface area is 185 Å². The molecular formula is C25H35NO5. The van der Waals surface area contributed by atoms with E-state index in [1.165, 1.54) is 0 Å². The number of aryl methyl sites for hydroxylation is 1. The van der Waals surface area contributed by atoms with Crippen LogP contribution in [-0.4, -0.2) is 44.5 Å². The average Bonchev–Trinajstić information content (AvgIpc) is 2.72. The molecule has 6 heteroatoms. The number of methoxy groups -OCH3 is 1. The fourth-order valence-electron chi connectivity index (χ4n) is 2.97. The monoisotopic (exact) mass is 429 g/mol. The Morgan fingerprint density at radius 1 is 0.968 bits per heavy atom. The standard InChI is InChI=1S/C25H35NO5/c1-17(2)30-22-12-9-20(15-23(22)28-6)13-14-26-25(27)24(31-18(3)4)16-29-21-10-7-19(5)8-11-21/h7-12,15,17-18,24H,13-14,16H2,1-6H3,(H,26,27)/t24-/m0/s1. The fraction of sp³-hybridized carbons (Fsp3) is 0.480.